The molecule has 1 aliphatic heterocycles. The summed E-state index contributed by atoms with van der Waals surface area (Å²) in [5, 5.41) is 10.1. The van der Waals surface area contributed by atoms with Crippen molar-refractivity contribution in [2.45, 2.75) is 31.8 Å². The Balaban J connectivity index is 1.61. The second-order valence-corrected chi connectivity index (χ2v) is 5.33. The van der Waals surface area contributed by atoms with E-state index in [9.17, 15) is 4.79 Å². The molecular formula is C14H20N6O. The molecule has 0 saturated carbocycles. The molecule has 0 amide bonds. The first-order valence-corrected chi connectivity index (χ1v) is 7.33. The topological polar surface area (TPSA) is 89.7 Å². The van der Waals surface area contributed by atoms with Crippen molar-refractivity contribution >= 4 is 5.82 Å². The molecule has 0 spiro atoms. The summed E-state index contributed by atoms with van der Waals surface area (Å²) < 4.78 is 0. The van der Waals surface area contributed by atoms with Crippen molar-refractivity contribution < 1.29 is 0 Å². The number of hydrogen-bond acceptors (Lipinski definition) is 5. The number of nitrogens with zero attached hydrogens (tertiary/aromatic N) is 3. The summed E-state index contributed by atoms with van der Waals surface area (Å²) in [6.07, 6.45) is 7.05. The molecule has 3 N–H and O–H groups in total. The normalized spacial score (nSPS) is 18.9. The lowest BCUT2D eigenvalue weighted by Crippen LogP contribution is -2.46. The van der Waals surface area contributed by atoms with E-state index in [1.54, 1.807) is 12.4 Å². The Hall–Kier alpha value is -2.15. The van der Waals surface area contributed by atoms with E-state index in [-0.39, 0.29) is 5.56 Å². The van der Waals surface area contributed by atoms with Gasteiger partial charge in [-0.2, -0.15) is 5.10 Å². The fourth-order valence-electron chi connectivity index (χ4n) is 2.77. The molecule has 7 heteroatoms. The van der Waals surface area contributed by atoms with Crippen LogP contribution in [-0.2, 0) is 6.54 Å². The van der Waals surface area contributed by atoms with Crippen molar-refractivity contribution in [2.75, 3.05) is 18.0 Å². The van der Waals surface area contributed by atoms with Crippen LogP contribution in [0.15, 0.2) is 29.5 Å². The Labute approximate surface area is 122 Å². The van der Waals surface area contributed by atoms with Crippen LogP contribution in [0.25, 0.3) is 0 Å². The number of anilines is 1. The predicted octanol–water partition coefficient (Wildman–Crippen LogP) is 0.642. The van der Waals surface area contributed by atoms with Crippen LogP contribution < -0.4 is 15.8 Å². The molecule has 3 rings (SSSR count). The second-order valence-electron chi connectivity index (χ2n) is 5.33. The van der Waals surface area contributed by atoms with E-state index in [1.165, 1.54) is 12.5 Å². The summed E-state index contributed by atoms with van der Waals surface area (Å²) in [6.45, 7) is 2.65. The maximum atomic E-state index is 11.1. The lowest BCUT2D eigenvalue weighted by molar-refractivity contribution is 0.430. The lowest BCUT2D eigenvalue weighted by Gasteiger charge is -2.36. The Kier molecular flexibility index (Phi) is 4.30. The molecule has 21 heavy (non-hydrogen) atoms. The zero-order chi connectivity index (χ0) is 14.5. The van der Waals surface area contributed by atoms with Crippen molar-refractivity contribution in [1.29, 1.82) is 0 Å². The van der Waals surface area contributed by atoms with Gasteiger partial charge in [0.1, 0.15) is 5.82 Å². The molecule has 1 unspecified atom stereocenters. The second kappa shape index (κ2) is 6.53. The minimum Gasteiger partial charge on any atom is -0.351 e. The van der Waals surface area contributed by atoms with Gasteiger partial charge in [-0.1, -0.05) is 0 Å². The highest BCUT2D eigenvalue weighted by Crippen LogP contribution is 2.21. The number of H-pyrrole nitrogens is 2. The van der Waals surface area contributed by atoms with Gasteiger partial charge in [0.05, 0.1) is 6.33 Å². The molecule has 3 heterocycles. The monoisotopic (exact) mass is 288 g/mol. The molecule has 0 aromatic carbocycles. The number of imidazole rings is 1. The first kappa shape index (κ1) is 13.8. The van der Waals surface area contributed by atoms with Gasteiger partial charge >= 0.3 is 0 Å². The average molecular weight is 288 g/mol. The number of rotatable bonds is 5. The summed E-state index contributed by atoms with van der Waals surface area (Å²) in [5.41, 5.74) is 0.921. The third kappa shape index (κ3) is 3.49. The SMILES string of the molecule is O=c1ccc(N2CCCCC2CNCc2cnc[nH]2)n[nH]1. The largest absolute Gasteiger partial charge is 0.351 e. The van der Waals surface area contributed by atoms with Crippen LogP contribution in [0.4, 0.5) is 5.82 Å². The van der Waals surface area contributed by atoms with E-state index in [4.69, 9.17) is 0 Å². The maximum absolute atomic E-state index is 11.1. The van der Waals surface area contributed by atoms with Crippen LogP contribution in [0.5, 0.6) is 0 Å². The number of piperidine rings is 1. The number of aromatic nitrogens is 4. The van der Waals surface area contributed by atoms with E-state index in [1.807, 2.05) is 6.20 Å². The summed E-state index contributed by atoms with van der Waals surface area (Å²) in [5.74, 6) is 0.850. The lowest BCUT2D eigenvalue weighted by atomic mass is 10.0. The van der Waals surface area contributed by atoms with Crippen LogP contribution in [0, 0.1) is 0 Å². The van der Waals surface area contributed by atoms with Gasteiger partial charge in [-0.15, -0.1) is 0 Å². The summed E-state index contributed by atoms with van der Waals surface area (Å²) in [7, 11) is 0. The van der Waals surface area contributed by atoms with E-state index in [2.05, 4.69) is 30.4 Å². The highest BCUT2D eigenvalue weighted by molar-refractivity contribution is 5.38. The molecule has 1 atom stereocenters. The van der Waals surface area contributed by atoms with Gasteiger partial charge < -0.3 is 15.2 Å². The molecule has 0 aliphatic carbocycles. The summed E-state index contributed by atoms with van der Waals surface area (Å²) >= 11 is 0. The van der Waals surface area contributed by atoms with Crippen LogP contribution in [0.3, 0.4) is 0 Å². The van der Waals surface area contributed by atoms with Gasteiger partial charge in [-0.3, -0.25) is 4.79 Å². The van der Waals surface area contributed by atoms with Gasteiger partial charge in [0.2, 0.25) is 0 Å². The number of aromatic amines is 2. The van der Waals surface area contributed by atoms with Crippen molar-refractivity contribution in [3.63, 3.8) is 0 Å². The van der Waals surface area contributed by atoms with Gasteiger partial charge in [0, 0.05) is 43.6 Å². The first-order chi connectivity index (χ1) is 10.3. The smallest absolute Gasteiger partial charge is 0.264 e. The standard InChI is InChI=1S/C14H20N6O/c21-14-5-4-13(18-19-14)20-6-2-1-3-12(20)9-15-7-11-8-16-10-17-11/h4-5,8,10,12,15H,1-3,6-7,9H2,(H,16,17)(H,19,21). The third-order valence-electron chi connectivity index (χ3n) is 3.84. The molecule has 2 aromatic heterocycles. The summed E-state index contributed by atoms with van der Waals surface area (Å²) in [6, 6.07) is 3.73. The van der Waals surface area contributed by atoms with Crippen molar-refractivity contribution in [3.05, 3.63) is 40.7 Å². The van der Waals surface area contributed by atoms with Gasteiger partial charge in [0.25, 0.3) is 5.56 Å². The number of hydrogen-bond donors (Lipinski definition) is 3. The highest BCUT2D eigenvalue weighted by atomic mass is 16.1. The van der Waals surface area contributed by atoms with Crippen molar-refractivity contribution in [1.82, 2.24) is 25.5 Å². The Bertz CT molecular complexity index is 588. The third-order valence-corrected chi connectivity index (χ3v) is 3.84. The van der Waals surface area contributed by atoms with Gasteiger partial charge in [-0.05, 0) is 25.3 Å². The van der Waals surface area contributed by atoms with Crippen LogP contribution in [-0.4, -0.2) is 39.3 Å². The highest BCUT2D eigenvalue weighted by Gasteiger charge is 2.23. The van der Waals surface area contributed by atoms with Crippen LogP contribution in [0.1, 0.15) is 25.0 Å². The van der Waals surface area contributed by atoms with E-state index >= 15 is 0 Å². The fraction of sp³-hybridized carbons (Fsp3) is 0.500. The molecule has 1 saturated heterocycles. The zero-order valence-electron chi connectivity index (χ0n) is 11.9. The quantitative estimate of drug-likeness (QED) is 0.751. The molecule has 112 valence electrons. The minimum absolute atomic E-state index is 0.162. The van der Waals surface area contributed by atoms with E-state index < -0.39 is 0 Å². The number of nitrogens with one attached hydrogen (secondary N) is 3. The van der Waals surface area contributed by atoms with E-state index in [0.717, 1.165) is 44.0 Å². The van der Waals surface area contributed by atoms with Crippen molar-refractivity contribution in [3.8, 4) is 0 Å². The van der Waals surface area contributed by atoms with Crippen LogP contribution >= 0.6 is 0 Å². The Morgan fingerprint density at radius 1 is 1.38 bits per heavy atom. The molecular weight excluding hydrogens is 268 g/mol. The summed E-state index contributed by atoms with van der Waals surface area (Å²) in [4.78, 5) is 20.5. The molecule has 2 aromatic rings. The average Bonchev–Trinajstić information content (AvgIpc) is 3.02. The zero-order valence-corrected chi connectivity index (χ0v) is 11.9. The van der Waals surface area contributed by atoms with Gasteiger partial charge in [-0.25, -0.2) is 10.1 Å². The Morgan fingerprint density at radius 3 is 3.10 bits per heavy atom. The van der Waals surface area contributed by atoms with Gasteiger partial charge in [0.15, 0.2) is 0 Å². The first-order valence-electron chi connectivity index (χ1n) is 7.33. The maximum Gasteiger partial charge on any atom is 0.264 e. The Morgan fingerprint density at radius 2 is 2.33 bits per heavy atom. The molecule has 1 aliphatic rings. The van der Waals surface area contributed by atoms with Crippen LogP contribution in [0.2, 0.25) is 0 Å². The molecule has 1 fully saturated rings. The fourth-order valence-corrected chi connectivity index (χ4v) is 2.77. The van der Waals surface area contributed by atoms with E-state index in [0.29, 0.717) is 6.04 Å². The molecule has 0 radical (unpaired) electrons. The van der Waals surface area contributed by atoms with Crippen molar-refractivity contribution in [2.24, 2.45) is 0 Å². The molecule has 7 nitrogen and oxygen atoms in total. The molecule has 0 bridgehead atoms. The minimum atomic E-state index is -0.162. The predicted molar refractivity (Wildman–Crippen MR) is 80.1 cm³/mol.